The van der Waals surface area contributed by atoms with Gasteiger partial charge in [0.2, 0.25) is 0 Å². The lowest BCUT2D eigenvalue weighted by atomic mass is 9.87. The van der Waals surface area contributed by atoms with Crippen LogP contribution >= 0.6 is 0 Å². The second kappa shape index (κ2) is 7.13. The van der Waals surface area contributed by atoms with E-state index in [1.807, 2.05) is 0 Å². The highest BCUT2D eigenvalue weighted by atomic mass is 16.6. The lowest BCUT2D eigenvalue weighted by Gasteiger charge is -2.37. The molecule has 2 heterocycles. The van der Waals surface area contributed by atoms with Gasteiger partial charge in [-0.1, -0.05) is 6.92 Å². The van der Waals surface area contributed by atoms with E-state index >= 15 is 0 Å². The topological polar surface area (TPSA) is 105 Å². The largest absolute Gasteiger partial charge is 0.469 e. The van der Waals surface area contributed by atoms with E-state index in [1.54, 1.807) is 27.7 Å². The Morgan fingerprint density at radius 1 is 1.23 bits per heavy atom. The zero-order chi connectivity index (χ0) is 19.7. The molecule has 2 fully saturated rings. The first-order valence-electron chi connectivity index (χ1n) is 8.69. The van der Waals surface area contributed by atoms with Crippen LogP contribution < -0.4 is 5.32 Å². The van der Waals surface area contributed by atoms with Gasteiger partial charge in [0.05, 0.1) is 13.0 Å². The number of hydrogen-bond acceptors (Lipinski definition) is 6. The van der Waals surface area contributed by atoms with E-state index in [-0.39, 0.29) is 12.5 Å². The van der Waals surface area contributed by atoms with E-state index in [1.165, 1.54) is 12.0 Å². The van der Waals surface area contributed by atoms with Gasteiger partial charge in [0, 0.05) is 19.6 Å². The Kier molecular flexibility index (Phi) is 5.48. The Morgan fingerprint density at radius 2 is 1.81 bits per heavy atom. The van der Waals surface area contributed by atoms with Crippen molar-refractivity contribution in [3.8, 4) is 0 Å². The molecule has 1 N–H and O–H groups in total. The monoisotopic (exact) mass is 369 g/mol. The van der Waals surface area contributed by atoms with Crippen molar-refractivity contribution >= 4 is 24.0 Å². The molecule has 0 aliphatic carbocycles. The minimum absolute atomic E-state index is 0.0329. The number of esters is 1. The first kappa shape index (κ1) is 20.0. The molecule has 26 heavy (non-hydrogen) atoms. The number of nitrogens with one attached hydrogen (secondary N) is 1. The zero-order valence-corrected chi connectivity index (χ0v) is 16.0. The Hall–Kier alpha value is -2.32. The van der Waals surface area contributed by atoms with Crippen LogP contribution in [0.2, 0.25) is 0 Å². The number of likely N-dealkylation sites (tertiary alicyclic amines) is 1. The van der Waals surface area contributed by atoms with Crippen molar-refractivity contribution in [2.75, 3.05) is 26.7 Å². The van der Waals surface area contributed by atoms with E-state index in [4.69, 9.17) is 4.74 Å². The molecule has 146 valence electrons. The van der Waals surface area contributed by atoms with Crippen LogP contribution in [0.1, 0.15) is 40.5 Å². The predicted octanol–water partition coefficient (Wildman–Crippen LogP) is 1.12. The standard InChI is InChI=1S/C17H27N3O6/c1-11(12(21)25-5)10-20-13(22)17(18-14(20)23)6-8-19(9-7-17)15(24)26-16(2,3)4/h11H,6-10H2,1-5H3,(H,18,23)/t11-/m0/s1. The molecule has 1 atom stereocenters. The number of ether oxygens (including phenoxy) is 2. The highest BCUT2D eigenvalue weighted by molar-refractivity contribution is 6.07. The van der Waals surface area contributed by atoms with E-state index in [2.05, 4.69) is 10.1 Å². The summed E-state index contributed by atoms with van der Waals surface area (Å²) in [5.74, 6) is -1.44. The van der Waals surface area contributed by atoms with Gasteiger partial charge in [-0.15, -0.1) is 0 Å². The fourth-order valence-electron chi connectivity index (χ4n) is 3.13. The van der Waals surface area contributed by atoms with Gasteiger partial charge >= 0.3 is 18.1 Å². The number of methoxy groups -OCH3 is 1. The molecule has 0 aromatic rings. The summed E-state index contributed by atoms with van der Waals surface area (Å²) in [6.07, 6.45) is 0.181. The summed E-state index contributed by atoms with van der Waals surface area (Å²) in [6.45, 7) is 7.55. The molecule has 1 spiro atoms. The molecule has 2 aliphatic rings. The maximum absolute atomic E-state index is 12.8. The summed E-state index contributed by atoms with van der Waals surface area (Å²) in [6, 6.07) is -0.517. The lowest BCUT2D eigenvalue weighted by molar-refractivity contribution is -0.146. The van der Waals surface area contributed by atoms with Crippen LogP contribution in [0.3, 0.4) is 0 Å². The molecule has 0 unspecified atom stereocenters. The van der Waals surface area contributed by atoms with Gasteiger partial charge in [-0.05, 0) is 33.6 Å². The van der Waals surface area contributed by atoms with E-state index < -0.39 is 35.2 Å². The van der Waals surface area contributed by atoms with Crippen molar-refractivity contribution in [1.29, 1.82) is 0 Å². The number of carbonyl (C=O) groups is 4. The minimum atomic E-state index is -1.02. The van der Waals surface area contributed by atoms with Gasteiger partial charge in [0.1, 0.15) is 11.1 Å². The van der Waals surface area contributed by atoms with Gasteiger partial charge in [0.25, 0.3) is 5.91 Å². The smallest absolute Gasteiger partial charge is 0.410 e. The first-order valence-corrected chi connectivity index (χ1v) is 8.69. The summed E-state index contributed by atoms with van der Waals surface area (Å²) in [4.78, 5) is 51.4. The molecule has 2 aliphatic heterocycles. The van der Waals surface area contributed by atoms with Crippen LogP contribution in [-0.4, -0.2) is 71.7 Å². The SMILES string of the molecule is COC(=O)[C@@H](C)CN1C(=O)NC2(CCN(C(=O)OC(C)(C)C)CC2)C1=O. The molecule has 2 rings (SSSR count). The van der Waals surface area contributed by atoms with Crippen LogP contribution in [0.15, 0.2) is 0 Å². The fourth-order valence-corrected chi connectivity index (χ4v) is 3.13. The Morgan fingerprint density at radius 3 is 2.31 bits per heavy atom. The number of imide groups is 1. The maximum Gasteiger partial charge on any atom is 0.410 e. The number of piperidine rings is 1. The van der Waals surface area contributed by atoms with Gasteiger partial charge in [0.15, 0.2) is 0 Å². The Bertz CT molecular complexity index is 604. The number of rotatable bonds is 3. The lowest BCUT2D eigenvalue weighted by Crippen LogP contribution is -2.56. The molecule has 0 aromatic heterocycles. The van der Waals surface area contributed by atoms with E-state index in [0.717, 1.165) is 4.90 Å². The first-order chi connectivity index (χ1) is 12.0. The van der Waals surface area contributed by atoms with E-state index in [0.29, 0.717) is 25.9 Å². The third-order valence-electron chi connectivity index (χ3n) is 4.57. The third kappa shape index (κ3) is 4.08. The number of hydrogen-bond donors (Lipinski definition) is 1. The van der Waals surface area contributed by atoms with Crippen molar-refractivity contribution in [2.45, 2.75) is 51.7 Å². The molecular formula is C17H27N3O6. The second-order valence-corrected chi connectivity index (χ2v) is 7.82. The molecule has 0 radical (unpaired) electrons. The average molecular weight is 369 g/mol. The summed E-state index contributed by atoms with van der Waals surface area (Å²) < 4.78 is 9.98. The summed E-state index contributed by atoms with van der Waals surface area (Å²) in [7, 11) is 1.26. The molecule has 0 saturated carbocycles. The molecule has 0 bridgehead atoms. The highest BCUT2D eigenvalue weighted by Crippen LogP contribution is 2.30. The Balaban J connectivity index is 2.00. The molecule has 0 aromatic carbocycles. The van der Waals surface area contributed by atoms with Crippen LogP contribution in [0, 0.1) is 5.92 Å². The summed E-state index contributed by atoms with van der Waals surface area (Å²) in [5, 5.41) is 2.75. The van der Waals surface area contributed by atoms with Crippen LogP contribution in [0.5, 0.6) is 0 Å². The van der Waals surface area contributed by atoms with Crippen molar-refractivity contribution < 1.29 is 28.7 Å². The van der Waals surface area contributed by atoms with Crippen molar-refractivity contribution in [3.63, 3.8) is 0 Å². The van der Waals surface area contributed by atoms with E-state index in [9.17, 15) is 19.2 Å². The molecule has 4 amide bonds. The number of nitrogens with zero attached hydrogens (tertiary/aromatic N) is 2. The quantitative estimate of drug-likeness (QED) is 0.590. The van der Waals surface area contributed by atoms with Crippen molar-refractivity contribution in [2.24, 2.45) is 5.92 Å². The Labute approximate surface area is 153 Å². The van der Waals surface area contributed by atoms with Gasteiger partial charge in [-0.25, -0.2) is 9.59 Å². The normalized spacial score (nSPS) is 20.8. The molecule has 9 nitrogen and oxygen atoms in total. The third-order valence-corrected chi connectivity index (χ3v) is 4.57. The van der Waals surface area contributed by atoms with Gasteiger partial charge in [-0.2, -0.15) is 0 Å². The minimum Gasteiger partial charge on any atom is -0.469 e. The zero-order valence-electron chi connectivity index (χ0n) is 16.0. The van der Waals surface area contributed by atoms with Crippen molar-refractivity contribution in [3.05, 3.63) is 0 Å². The summed E-state index contributed by atoms with van der Waals surface area (Å²) in [5.41, 5.74) is -1.62. The average Bonchev–Trinajstić information content (AvgIpc) is 2.77. The molecule has 9 heteroatoms. The van der Waals surface area contributed by atoms with Crippen LogP contribution in [0.4, 0.5) is 9.59 Å². The summed E-state index contributed by atoms with van der Waals surface area (Å²) >= 11 is 0. The fraction of sp³-hybridized carbons (Fsp3) is 0.765. The van der Waals surface area contributed by atoms with Crippen LogP contribution in [-0.2, 0) is 19.1 Å². The predicted molar refractivity (Wildman–Crippen MR) is 91.2 cm³/mol. The number of urea groups is 1. The molecular weight excluding hydrogens is 342 g/mol. The number of amides is 4. The highest BCUT2D eigenvalue weighted by Gasteiger charge is 2.53. The van der Waals surface area contributed by atoms with Gasteiger partial charge in [-0.3, -0.25) is 14.5 Å². The number of carbonyl (C=O) groups excluding carboxylic acids is 4. The molecule has 2 saturated heterocycles. The van der Waals surface area contributed by atoms with Gasteiger partial charge < -0.3 is 19.7 Å². The maximum atomic E-state index is 12.8. The van der Waals surface area contributed by atoms with Crippen LogP contribution in [0.25, 0.3) is 0 Å². The van der Waals surface area contributed by atoms with Crippen molar-refractivity contribution in [1.82, 2.24) is 15.1 Å². The second-order valence-electron chi connectivity index (χ2n) is 7.82.